The molecule has 0 saturated carbocycles. The van der Waals surface area contributed by atoms with Crippen LogP contribution < -0.4 is 5.32 Å². The van der Waals surface area contributed by atoms with E-state index in [9.17, 15) is 4.79 Å². The van der Waals surface area contributed by atoms with Crippen LogP contribution >= 0.6 is 11.6 Å². The van der Waals surface area contributed by atoms with Crippen molar-refractivity contribution in [3.8, 4) is 0 Å². The first-order valence-corrected chi connectivity index (χ1v) is 3.70. The minimum atomic E-state index is -0.331. The highest BCUT2D eigenvalue weighted by Gasteiger charge is 2.23. The Hall–Kier alpha value is -0.440. The van der Waals surface area contributed by atoms with E-state index in [1.165, 1.54) is 0 Å². The lowest BCUT2D eigenvalue weighted by molar-refractivity contribution is 0.136. The third-order valence-corrected chi connectivity index (χ3v) is 1.51. The molecule has 1 heterocycles. The van der Waals surface area contributed by atoms with Crippen molar-refractivity contribution >= 4 is 17.7 Å². The van der Waals surface area contributed by atoms with Crippen LogP contribution in [0, 0.1) is 0 Å². The third kappa shape index (κ3) is 2.06. The molecule has 1 amide bonds. The summed E-state index contributed by atoms with van der Waals surface area (Å²) in [6.07, 6.45) is 0.364. The van der Waals surface area contributed by atoms with Crippen LogP contribution in [0.3, 0.4) is 0 Å². The Morgan fingerprint density at radius 2 is 2.70 bits per heavy atom. The van der Waals surface area contributed by atoms with Crippen molar-refractivity contribution < 1.29 is 9.53 Å². The largest absolute Gasteiger partial charge is 0.444 e. The number of carbonyl (C=O) groups excluding carboxylic acids is 1. The monoisotopic (exact) mass is 163 g/mol. The molecule has 0 aromatic carbocycles. The van der Waals surface area contributed by atoms with Gasteiger partial charge in [-0.1, -0.05) is 0 Å². The van der Waals surface area contributed by atoms with E-state index in [1.807, 2.05) is 6.92 Å². The van der Waals surface area contributed by atoms with Gasteiger partial charge in [-0.2, -0.15) is 0 Å². The van der Waals surface area contributed by atoms with Crippen molar-refractivity contribution in [2.75, 3.05) is 6.54 Å². The fraction of sp³-hybridized carbons (Fsp3) is 0.833. The first-order chi connectivity index (χ1) is 4.68. The van der Waals surface area contributed by atoms with E-state index in [1.54, 1.807) is 0 Å². The average molecular weight is 164 g/mol. The van der Waals surface area contributed by atoms with Crippen LogP contribution in [0.1, 0.15) is 13.3 Å². The van der Waals surface area contributed by atoms with Crippen molar-refractivity contribution in [3.63, 3.8) is 0 Å². The zero-order chi connectivity index (χ0) is 7.56. The summed E-state index contributed by atoms with van der Waals surface area (Å²) in [5, 5.41) is 2.62. The van der Waals surface area contributed by atoms with Gasteiger partial charge in [0.1, 0.15) is 6.10 Å². The lowest BCUT2D eigenvalue weighted by Crippen LogP contribution is -2.17. The van der Waals surface area contributed by atoms with E-state index in [-0.39, 0.29) is 17.6 Å². The summed E-state index contributed by atoms with van der Waals surface area (Å²) < 4.78 is 4.84. The van der Waals surface area contributed by atoms with Crippen molar-refractivity contribution in [2.45, 2.75) is 24.8 Å². The van der Waals surface area contributed by atoms with Crippen LogP contribution in [0.2, 0.25) is 0 Å². The zero-order valence-electron chi connectivity index (χ0n) is 5.76. The Kier molecular flexibility index (Phi) is 2.38. The third-order valence-electron chi connectivity index (χ3n) is 1.34. The summed E-state index contributed by atoms with van der Waals surface area (Å²) in [4.78, 5) is 10.5. The summed E-state index contributed by atoms with van der Waals surface area (Å²) in [5.41, 5.74) is 0. The topological polar surface area (TPSA) is 38.3 Å². The van der Waals surface area contributed by atoms with E-state index in [2.05, 4.69) is 5.32 Å². The van der Waals surface area contributed by atoms with E-state index in [0.717, 1.165) is 6.42 Å². The quantitative estimate of drug-likeness (QED) is 0.620. The Balaban J connectivity index is 2.24. The van der Waals surface area contributed by atoms with Crippen LogP contribution in [-0.4, -0.2) is 24.1 Å². The van der Waals surface area contributed by atoms with E-state index in [0.29, 0.717) is 6.54 Å². The molecule has 2 atom stereocenters. The molecule has 0 spiro atoms. The van der Waals surface area contributed by atoms with Gasteiger partial charge in [0, 0.05) is 11.8 Å². The minimum Gasteiger partial charge on any atom is -0.444 e. The maximum absolute atomic E-state index is 10.5. The number of rotatable bonds is 2. The van der Waals surface area contributed by atoms with Gasteiger partial charge < -0.3 is 10.1 Å². The van der Waals surface area contributed by atoms with Gasteiger partial charge in [-0.3, -0.25) is 0 Å². The molecule has 1 fully saturated rings. The number of carbonyl (C=O) groups is 1. The van der Waals surface area contributed by atoms with Crippen molar-refractivity contribution in [1.82, 2.24) is 5.32 Å². The second-order valence-corrected chi connectivity index (χ2v) is 3.17. The number of halogens is 1. The number of hydrogen-bond donors (Lipinski definition) is 1. The predicted molar refractivity (Wildman–Crippen MR) is 38.2 cm³/mol. The first-order valence-electron chi connectivity index (χ1n) is 3.27. The number of hydrogen-bond acceptors (Lipinski definition) is 2. The Morgan fingerprint density at radius 1 is 2.00 bits per heavy atom. The predicted octanol–water partition coefficient (Wildman–Crippen LogP) is 1.11. The molecular formula is C6H10ClNO2. The number of alkyl carbamates (subject to hydrolysis) is 1. The Morgan fingerprint density at radius 3 is 3.10 bits per heavy atom. The molecule has 1 rings (SSSR count). The van der Waals surface area contributed by atoms with Gasteiger partial charge in [0.2, 0.25) is 0 Å². The van der Waals surface area contributed by atoms with Crippen molar-refractivity contribution in [3.05, 3.63) is 0 Å². The van der Waals surface area contributed by atoms with E-state index in [4.69, 9.17) is 16.3 Å². The van der Waals surface area contributed by atoms with Gasteiger partial charge in [-0.05, 0) is 6.92 Å². The van der Waals surface area contributed by atoms with Gasteiger partial charge in [0.05, 0.1) is 6.54 Å². The highest BCUT2D eigenvalue weighted by molar-refractivity contribution is 6.20. The summed E-state index contributed by atoms with van der Waals surface area (Å²) in [7, 11) is 0. The first kappa shape index (κ1) is 7.66. The molecule has 1 aliphatic rings. The van der Waals surface area contributed by atoms with Gasteiger partial charge in [-0.25, -0.2) is 4.79 Å². The molecule has 0 aromatic rings. The molecule has 10 heavy (non-hydrogen) atoms. The van der Waals surface area contributed by atoms with E-state index < -0.39 is 0 Å². The summed E-state index contributed by atoms with van der Waals surface area (Å²) in [6, 6.07) is 0. The van der Waals surface area contributed by atoms with Crippen LogP contribution in [0.5, 0.6) is 0 Å². The molecule has 1 aliphatic heterocycles. The molecule has 0 aromatic heterocycles. The highest BCUT2D eigenvalue weighted by Crippen LogP contribution is 2.10. The SMILES string of the molecule is CC(Cl)CC1CNC(=O)O1. The van der Waals surface area contributed by atoms with Gasteiger partial charge in [0.15, 0.2) is 0 Å². The number of alkyl halides is 1. The van der Waals surface area contributed by atoms with Gasteiger partial charge >= 0.3 is 6.09 Å². The molecule has 1 saturated heterocycles. The van der Waals surface area contributed by atoms with Gasteiger partial charge in [-0.15, -0.1) is 11.6 Å². The second kappa shape index (κ2) is 3.10. The summed E-state index contributed by atoms with van der Waals surface area (Å²) in [6.45, 7) is 2.48. The molecular weight excluding hydrogens is 154 g/mol. The highest BCUT2D eigenvalue weighted by atomic mass is 35.5. The van der Waals surface area contributed by atoms with Crippen LogP contribution in [0.25, 0.3) is 0 Å². The average Bonchev–Trinajstić information content (AvgIpc) is 2.13. The fourth-order valence-corrected chi connectivity index (χ4v) is 1.12. The molecule has 3 nitrogen and oxygen atoms in total. The summed E-state index contributed by atoms with van der Waals surface area (Å²) >= 11 is 5.69. The summed E-state index contributed by atoms with van der Waals surface area (Å²) in [5.74, 6) is 0. The van der Waals surface area contributed by atoms with Crippen LogP contribution in [-0.2, 0) is 4.74 Å². The molecule has 1 N–H and O–H groups in total. The van der Waals surface area contributed by atoms with Crippen LogP contribution in [0.4, 0.5) is 4.79 Å². The lowest BCUT2D eigenvalue weighted by atomic mass is 10.2. The number of ether oxygens (including phenoxy) is 1. The normalized spacial score (nSPS) is 27.4. The van der Waals surface area contributed by atoms with Crippen molar-refractivity contribution in [2.24, 2.45) is 0 Å². The number of amides is 1. The number of cyclic esters (lactones) is 1. The maximum atomic E-state index is 10.5. The molecule has 4 heteroatoms. The number of nitrogens with one attached hydrogen (secondary N) is 1. The van der Waals surface area contributed by atoms with E-state index >= 15 is 0 Å². The molecule has 0 bridgehead atoms. The second-order valence-electron chi connectivity index (χ2n) is 2.42. The molecule has 0 radical (unpaired) electrons. The smallest absolute Gasteiger partial charge is 0.407 e. The zero-order valence-corrected chi connectivity index (χ0v) is 6.52. The maximum Gasteiger partial charge on any atom is 0.407 e. The lowest BCUT2D eigenvalue weighted by Gasteiger charge is -2.07. The van der Waals surface area contributed by atoms with Crippen LogP contribution in [0.15, 0.2) is 0 Å². The molecule has 2 unspecified atom stereocenters. The Bertz CT molecular complexity index is 138. The Labute approximate surface area is 64.7 Å². The minimum absolute atomic E-state index is 0.0278. The van der Waals surface area contributed by atoms with Gasteiger partial charge in [0.25, 0.3) is 0 Å². The molecule has 58 valence electrons. The fourth-order valence-electron chi connectivity index (χ4n) is 0.926. The van der Waals surface area contributed by atoms with Crippen molar-refractivity contribution in [1.29, 1.82) is 0 Å². The standard InChI is InChI=1S/C6H10ClNO2/c1-4(7)2-5-3-8-6(9)10-5/h4-5H,2-3H2,1H3,(H,8,9). The molecule has 0 aliphatic carbocycles.